The van der Waals surface area contributed by atoms with Crippen molar-refractivity contribution in [3.63, 3.8) is 0 Å². The van der Waals surface area contributed by atoms with Crippen LogP contribution in [0.25, 0.3) is 0 Å². The molecule has 2 rings (SSSR count). The third-order valence-corrected chi connectivity index (χ3v) is 5.19. The van der Waals surface area contributed by atoms with Crippen molar-refractivity contribution >= 4 is 27.6 Å². The molecule has 3 N–H and O–H groups in total. The second kappa shape index (κ2) is 7.57. The van der Waals surface area contributed by atoms with E-state index >= 15 is 0 Å². The van der Waals surface area contributed by atoms with Crippen LogP contribution in [-0.2, 0) is 19.6 Å². The van der Waals surface area contributed by atoms with E-state index in [0.717, 1.165) is 5.56 Å². The molecule has 0 fully saturated rings. The van der Waals surface area contributed by atoms with E-state index in [1.807, 2.05) is 6.07 Å². The first-order valence-electron chi connectivity index (χ1n) is 7.80. The molecule has 8 heteroatoms. The molecule has 0 unspecified atom stereocenters. The van der Waals surface area contributed by atoms with Gasteiger partial charge in [-0.3, -0.25) is 9.52 Å². The monoisotopic (exact) mass is 376 g/mol. The summed E-state index contributed by atoms with van der Waals surface area (Å²) in [6, 6.07) is 10.9. The highest BCUT2D eigenvalue weighted by Crippen LogP contribution is 2.21. The first kappa shape index (κ1) is 19.5. The summed E-state index contributed by atoms with van der Waals surface area (Å²) in [5.41, 5.74) is 6.78. The number of aryl methyl sites for hydroxylation is 2. The fourth-order valence-electron chi connectivity index (χ4n) is 2.20. The Labute approximate surface area is 152 Å². The van der Waals surface area contributed by atoms with Crippen molar-refractivity contribution < 1.29 is 22.7 Å². The van der Waals surface area contributed by atoms with Crippen LogP contribution in [-0.4, -0.2) is 26.4 Å². The van der Waals surface area contributed by atoms with Crippen LogP contribution in [0.15, 0.2) is 47.4 Å². The quantitative estimate of drug-likeness (QED) is 0.749. The van der Waals surface area contributed by atoms with Gasteiger partial charge in [0.2, 0.25) is 0 Å². The number of carbonyl (C=O) groups excluding carboxylic acids is 2. The third-order valence-electron chi connectivity index (χ3n) is 3.67. The molecule has 0 bridgehead atoms. The van der Waals surface area contributed by atoms with Gasteiger partial charge in [0.25, 0.3) is 15.9 Å². The number of anilines is 1. The number of primary amides is 1. The molecule has 2 aromatic carbocycles. The number of nitrogens with two attached hydrogens (primary N) is 1. The van der Waals surface area contributed by atoms with Gasteiger partial charge in [0.1, 0.15) is 0 Å². The smallest absolute Gasteiger partial charge is 0.338 e. The van der Waals surface area contributed by atoms with E-state index in [1.165, 1.54) is 31.2 Å². The Balaban J connectivity index is 2.26. The fourth-order valence-corrected chi connectivity index (χ4v) is 3.58. The van der Waals surface area contributed by atoms with Crippen molar-refractivity contribution in [1.29, 1.82) is 0 Å². The lowest BCUT2D eigenvalue weighted by atomic mass is 10.2. The Hall–Kier alpha value is -2.87. The van der Waals surface area contributed by atoms with Gasteiger partial charge in [-0.2, -0.15) is 0 Å². The molecular weight excluding hydrogens is 356 g/mol. The number of hydrogen-bond donors (Lipinski definition) is 2. The number of rotatable bonds is 6. The zero-order chi connectivity index (χ0) is 19.5. The lowest BCUT2D eigenvalue weighted by Crippen LogP contribution is -2.30. The van der Waals surface area contributed by atoms with E-state index in [0.29, 0.717) is 5.56 Å². The van der Waals surface area contributed by atoms with E-state index < -0.39 is 28.0 Å². The fraction of sp³-hybridized carbons (Fsp3) is 0.222. The Morgan fingerprint density at radius 3 is 2.46 bits per heavy atom. The summed E-state index contributed by atoms with van der Waals surface area (Å²) in [4.78, 5) is 23.2. The van der Waals surface area contributed by atoms with Gasteiger partial charge in [-0.25, -0.2) is 13.2 Å². The van der Waals surface area contributed by atoms with Crippen LogP contribution in [0.2, 0.25) is 0 Å². The van der Waals surface area contributed by atoms with Gasteiger partial charge in [-0.05, 0) is 56.2 Å². The normalized spacial score (nSPS) is 12.3. The SMILES string of the molecule is Cc1ccc(C)c(S(=O)(=O)Nc2cccc(C(=O)O[C@H](C)C(N)=O)c2)c1. The van der Waals surface area contributed by atoms with Gasteiger partial charge in [-0.15, -0.1) is 0 Å². The van der Waals surface area contributed by atoms with Gasteiger partial charge in [0.05, 0.1) is 10.5 Å². The summed E-state index contributed by atoms with van der Waals surface area (Å²) in [5, 5.41) is 0. The average molecular weight is 376 g/mol. The highest BCUT2D eigenvalue weighted by Gasteiger charge is 2.19. The van der Waals surface area contributed by atoms with Crippen LogP contribution < -0.4 is 10.5 Å². The predicted octanol–water partition coefficient (Wildman–Crippen LogP) is 2.13. The Morgan fingerprint density at radius 2 is 1.81 bits per heavy atom. The molecule has 1 amide bonds. The molecule has 0 radical (unpaired) electrons. The van der Waals surface area contributed by atoms with Crippen molar-refractivity contribution in [1.82, 2.24) is 0 Å². The van der Waals surface area contributed by atoms with Crippen LogP contribution in [0, 0.1) is 13.8 Å². The number of carbonyl (C=O) groups is 2. The number of ether oxygens (including phenoxy) is 1. The minimum atomic E-state index is -3.82. The summed E-state index contributed by atoms with van der Waals surface area (Å²) >= 11 is 0. The lowest BCUT2D eigenvalue weighted by Gasteiger charge is -2.13. The maximum absolute atomic E-state index is 12.6. The zero-order valence-corrected chi connectivity index (χ0v) is 15.5. The molecule has 0 aromatic heterocycles. The van der Waals surface area contributed by atoms with Crippen molar-refractivity contribution in [2.24, 2.45) is 5.73 Å². The second-order valence-corrected chi connectivity index (χ2v) is 7.56. The minimum Gasteiger partial charge on any atom is -0.449 e. The molecule has 7 nitrogen and oxygen atoms in total. The van der Waals surface area contributed by atoms with E-state index in [4.69, 9.17) is 10.5 Å². The van der Waals surface area contributed by atoms with Gasteiger partial charge < -0.3 is 10.5 Å². The highest BCUT2D eigenvalue weighted by molar-refractivity contribution is 7.92. The van der Waals surface area contributed by atoms with E-state index in [2.05, 4.69) is 4.72 Å². The number of amides is 1. The van der Waals surface area contributed by atoms with E-state index in [9.17, 15) is 18.0 Å². The zero-order valence-electron chi connectivity index (χ0n) is 14.6. The average Bonchev–Trinajstić information content (AvgIpc) is 2.56. The number of benzene rings is 2. The molecule has 0 spiro atoms. The minimum absolute atomic E-state index is 0.0965. The maximum Gasteiger partial charge on any atom is 0.338 e. The van der Waals surface area contributed by atoms with Crippen molar-refractivity contribution in [2.75, 3.05) is 4.72 Å². The molecule has 0 aliphatic carbocycles. The molecule has 26 heavy (non-hydrogen) atoms. The first-order chi connectivity index (χ1) is 12.1. The molecular formula is C18H20N2O5S. The summed E-state index contributed by atoms with van der Waals surface area (Å²) in [6.07, 6.45) is -1.09. The molecule has 0 heterocycles. The molecule has 0 saturated carbocycles. The van der Waals surface area contributed by atoms with Crippen LogP contribution in [0.1, 0.15) is 28.4 Å². The first-order valence-corrected chi connectivity index (χ1v) is 9.29. The standard InChI is InChI=1S/C18H20N2O5S/c1-11-7-8-12(2)16(9-11)26(23,24)20-15-6-4-5-14(10-15)18(22)25-13(3)17(19)21/h4-10,13,20H,1-3H3,(H2,19,21)/t13-/m1/s1. The van der Waals surface area contributed by atoms with Gasteiger partial charge in [0, 0.05) is 5.69 Å². The predicted molar refractivity (Wildman–Crippen MR) is 97.2 cm³/mol. The van der Waals surface area contributed by atoms with E-state index in [1.54, 1.807) is 26.0 Å². The number of hydrogen-bond acceptors (Lipinski definition) is 5. The number of esters is 1. The largest absolute Gasteiger partial charge is 0.449 e. The summed E-state index contributed by atoms with van der Waals surface area (Å²) in [5.74, 6) is -1.55. The molecule has 138 valence electrons. The van der Waals surface area contributed by atoms with Gasteiger partial charge >= 0.3 is 5.97 Å². The van der Waals surface area contributed by atoms with Crippen molar-refractivity contribution in [2.45, 2.75) is 31.8 Å². The summed E-state index contributed by atoms with van der Waals surface area (Å²) in [7, 11) is -3.82. The topological polar surface area (TPSA) is 116 Å². The van der Waals surface area contributed by atoms with Gasteiger partial charge in [0.15, 0.2) is 6.10 Å². The Kier molecular flexibility index (Phi) is 5.66. The molecule has 1 atom stereocenters. The third kappa shape index (κ3) is 4.60. The molecule has 0 aliphatic rings. The second-order valence-electron chi connectivity index (χ2n) is 5.91. The van der Waals surface area contributed by atoms with Crippen molar-refractivity contribution in [3.8, 4) is 0 Å². The Morgan fingerprint density at radius 1 is 1.12 bits per heavy atom. The van der Waals surface area contributed by atoms with E-state index in [-0.39, 0.29) is 16.1 Å². The van der Waals surface area contributed by atoms with Crippen LogP contribution in [0.5, 0.6) is 0 Å². The van der Waals surface area contributed by atoms with Crippen LogP contribution in [0.4, 0.5) is 5.69 Å². The highest BCUT2D eigenvalue weighted by atomic mass is 32.2. The van der Waals surface area contributed by atoms with Crippen LogP contribution in [0.3, 0.4) is 0 Å². The number of nitrogens with one attached hydrogen (secondary N) is 1. The van der Waals surface area contributed by atoms with Gasteiger partial charge in [-0.1, -0.05) is 18.2 Å². The molecule has 0 saturated heterocycles. The maximum atomic E-state index is 12.6. The number of sulfonamides is 1. The molecule has 0 aliphatic heterocycles. The lowest BCUT2D eigenvalue weighted by molar-refractivity contribution is -0.125. The van der Waals surface area contributed by atoms with Crippen LogP contribution >= 0.6 is 0 Å². The molecule has 2 aromatic rings. The summed E-state index contributed by atoms with van der Waals surface area (Å²) in [6.45, 7) is 4.86. The van der Waals surface area contributed by atoms with Crippen molar-refractivity contribution in [3.05, 3.63) is 59.2 Å². The summed E-state index contributed by atoms with van der Waals surface area (Å²) < 4.78 is 32.6. The Bertz CT molecular complexity index is 954.